The van der Waals surface area contributed by atoms with E-state index in [-0.39, 0.29) is 5.91 Å². The van der Waals surface area contributed by atoms with Crippen molar-refractivity contribution in [2.75, 3.05) is 13.6 Å². The van der Waals surface area contributed by atoms with Crippen LogP contribution < -0.4 is 4.74 Å². The predicted octanol–water partition coefficient (Wildman–Crippen LogP) is 7.99. The van der Waals surface area contributed by atoms with Gasteiger partial charge >= 0.3 is 6.18 Å². The Labute approximate surface area is 223 Å². The second-order valence-corrected chi connectivity index (χ2v) is 10.8. The first kappa shape index (κ1) is 27.7. The summed E-state index contributed by atoms with van der Waals surface area (Å²) < 4.78 is 45.1. The molecule has 1 fully saturated rings. The molecule has 3 aromatic carbocycles. The van der Waals surface area contributed by atoms with Crippen molar-refractivity contribution in [1.29, 1.82) is 0 Å². The Kier molecular flexibility index (Phi) is 8.49. The van der Waals surface area contributed by atoms with Crippen LogP contribution in [0, 0.1) is 5.92 Å². The third-order valence-corrected chi connectivity index (χ3v) is 7.47. The average Bonchev–Trinajstić information content (AvgIpc) is 2.86. The number of likely N-dealkylation sites (N-methyl/N-ethyl adjacent to an activating group) is 1. The lowest BCUT2D eigenvalue weighted by molar-refractivity contribution is -0.140. The van der Waals surface area contributed by atoms with E-state index in [1.54, 1.807) is 4.90 Å². The zero-order valence-electron chi connectivity index (χ0n) is 22.3. The molecule has 0 radical (unpaired) electrons. The summed E-state index contributed by atoms with van der Waals surface area (Å²) in [5.74, 6) is 1.05. The van der Waals surface area contributed by atoms with Crippen LogP contribution in [0.15, 0.2) is 78.9 Å². The number of rotatable bonds is 10. The van der Waals surface area contributed by atoms with Crippen molar-refractivity contribution in [3.8, 4) is 5.75 Å². The first-order valence-electron chi connectivity index (χ1n) is 13.3. The van der Waals surface area contributed by atoms with E-state index < -0.39 is 23.3 Å². The van der Waals surface area contributed by atoms with Gasteiger partial charge in [-0.1, -0.05) is 74.9 Å². The van der Waals surface area contributed by atoms with Crippen LogP contribution in [0.1, 0.15) is 67.9 Å². The fourth-order valence-electron chi connectivity index (χ4n) is 5.21. The van der Waals surface area contributed by atoms with Gasteiger partial charge in [-0.25, -0.2) is 0 Å². The van der Waals surface area contributed by atoms with Crippen molar-refractivity contribution < 1.29 is 22.7 Å². The number of alkyl halides is 3. The largest absolute Gasteiger partial charge is 0.486 e. The number of benzene rings is 3. The molecule has 6 heteroatoms. The molecule has 0 bridgehead atoms. The lowest BCUT2D eigenvalue weighted by Crippen LogP contribution is -2.50. The third kappa shape index (κ3) is 6.40. The van der Waals surface area contributed by atoms with Gasteiger partial charge in [-0.2, -0.15) is 13.2 Å². The molecular weight excluding hydrogens is 487 g/mol. The molecule has 0 aromatic heterocycles. The van der Waals surface area contributed by atoms with Gasteiger partial charge < -0.3 is 9.64 Å². The molecule has 1 saturated carbocycles. The lowest BCUT2D eigenvalue weighted by atomic mass is 9.63. The van der Waals surface area contributed by atoms with Crippen LogP contribution in [0.3, 0.4) is 0 Å². The summed E-state index contributed by atoms with van der Waals surface area (Å²) in [5, 5.41) is 0. The quantitative estimate of drug-likeness (QED) is 0.270. The maximum absolute atomic E-state index is 13.7. The highest BCUT2D eigenvalue weighted by Crippen LogP contribution is 2.45. The third-order valence-electron chi connectivity index (χ3n) is 7.47. The molecule has 0 aliphatic heterocycles. The second-order valence-electron chi connectivity index (χ2n) is 10.8. The van der Waals surface area contributed by atoms with E-state index in [9.17, 15) is 18.0 Å². The summed E-state index contributed by atoms with van der Waals surface area (Å²) >= 11 is 0. The minimum atomic E-state index is -4.40. The molecule has 1 aliphatic carbocycles. The number of amides is 1. The molecule has 1 atom stereocenters. The fraction of sp³-hybridized carbons (Fsp3) is 0.406. The average molecular weight is 524 g/mol. The van der Waals surface area contributed by atoms with Crippen LogP contribution in [-0.2, 0) is 22.8 Å². The van der Waals surface area contributed by atoms with E-state index in [0.717, 1.165) is 48.9 Å². The first-order chi connectivity index (χ1) is 18.1. The molecule has 1 amide bonds. The Morgan fingerprint density at radius 1 is 0.947 bits per heavy atom. The molecule has 0 heterocycles. The minimum absolute atomic E-state index is 0.113. The smallest absolute Gasteiger partial charge is 0.416 e. The summed E-state index contributed by atoms with van der Waals surface area (Å²) in [6.07, 6.45) is -0.578. The van der Waals surface area contributed by atoms with Gasteiger partial charge in [0.05, 0.1) is 11.0 Å². The molecule has 3 nitrogen and oxygen atoms in total. The van der Waals surface area contributed by atoms with Gasteiger partial charge in [0.15, 0.2) is 0 Å². The normalized spacial score (nSPS) is 15.6. The lowest BCUT2D eigenvalue weighted by Gasteiger charge is -2.43. The van der Waals surface area contributed by atoms with Gasteiger partial charge in [0.25, 0.3) is 0 Å². The summed E-state index contributed by atoms with van der Waals surface area (Å²) in [5.41, 5.74) is 2.07. The second kappa shape index (κ2) is 11.6. The van der Waals surface area contributed by atoms with Gasteiger partial charge in [0.1, 0.15) is 11.9 Å². The SMILES string of the molecule is CC(C)Cc1ccc(C2(C(=O)N(C)CC[C@H](Oc3ccc(C(F)(F)F)cc3)c3ccccc3)CCC2)cc1. The van der Waals surface area contributed by atoms with Crippen LogP contribution in [0.25, 0.3) is 0 Å². The van der Waals surface area contributed by atoms with Crippen LogP contribution in [0.4, 0.5) is 13.2 Å². The number of carbonyl (C=O) groups is 1. The molecule has 1 aliphatic rings. The zero-order chi connectivity index (χ0) is 27.3. The topological polar surface area (TPSA) is 29.5 Å². The van der Waals surface area contributed by atoms with Crippen molar-refractivity contribution in [2.24, 2.45) is 5.92 Å². The van der Waals surface area contributed by atoms with E-state index >= 15 is 0 Å². The van der Waals surface area contributed by atoms with E-state index in [0.29, 0.717) is 24.6 Å². The van der Waals surface area contributed by atoms with Gasteiger partial charge in [-0.3, -0.25) is 4.79 Å². The van der Waals surface area contributed by atoms with Crippen LogP contribution in [0.5, 0.6) is 5.75 Å². The maximum Gasteiger partial charge on any atom is 0.416 e. The summed E-state index contributed by atoms with van der Waals surface area (Å²) in [7, 11) is 1.83. The van der Waals surface area contributed by atoms with Crippen molar-refractivity contribution in [3.05, 3.63) is 101 Å². The standard InChI is InChI=1S/C32H36F3NO2/c1-23(2)22-24-10-12-26(13-11-24)31(19-7-20-31)30(37)36(3)21-18-29(25-8-5-4-6-9-25)38-28-16-14-27(15-17-28)32(33,34)35/h4-6,8-17,23,29H,7,18-22H2,1-3H3/t29-/m0/s1. The van der Waals surface area contributed by atoms with E-state index in [1.165, 1.54) is 17.7 Å². The number of carbonyl (C=O) groups excluding carboxylic acids is 1. The van der Waals surface area contributed by atoms with Gasteiger partial charge in [0, 0.05) is 20.0 Å². The number of hydrogen-bond acceptors (Lipinski definition) is 2. The number of halogens is 3. The molecule has 0 N–H and O–H groups in total. The maximum atomic E-state index is 13.7. The highest BCUT2D eigenvalue weighted by Gasteiger charge is 2.47. The Morgan fingerprint density at radius 2 is 1.58 bits per heavy atom. The van der Waals surface area contributed by atoms with Crippen LogP contribution in [-0.4, -0.2) is 24.4 Å². The monoisotopic (exact) mass is 523 g/mol. The first-order valence-corrected chi connectivity index (χ1v) is 13.3. The van der Waals surface area contributed by atoms with Gasteiger partial charge in [-0.15, -0.1) is 0 Å². The van der Waals surface area contributed by atoms with Crippen LogP contribution in [0.2, 0.25) is 0 Å². The Balaban J connectivity index is 1.46. The molecule has 202 valence electrons. The molecule has 3 aromatic rings. The van der Waals surface area contributed by atoms with Crippen molar-refractivity contribution in [3.63, 3.8) is 0 Å². The molecular formula is C32H36F3NO2. The number of hydrogen-bond donors (Lipinski definition) is 0. The number of ether oxygens (including phenoxy) is 1. The number of nitrogens with zero attached hydrogens (tertiary/aromatic N) is 1. The minimum Gasteiger partial charge on any atom is -0.486 e. The van der Waals surface area contributed by atoms with Gasteiger partial charge in [0.2, 0.25) is 5.91 Å². The molecule has 0 spiro atoms. The highest BCUT2D eigenvalue weighted by atomic mass is 19.4. The van der Waals surface area contributed by atoms with E-state index in [1.807, 2.05) is 37.4 Å². The molecule has 0 saturated heterocycles. The van der Waals surface area contributed by atoms with Crippen LogP contribution >= 0.6 is 0 Å². The Hall–Kier alpha value is -3.28. The van der Waals surface area contributed by atoms with E-state index in [2.05, 4.69) is 38.1 Å². The van der Waals surface area contributed by atoms with Crippen molar-refractivity contribution in [2.45, 2.75) is 63.6 Å². The van der Waals surface area contributed by atoms with Crippen molar-refractivity contribution >= 4 is 5.91 Å². The molecule has 38 heavy (non-hydrogen) atoms. The predicted molar refractivity (Wildman–Crippen MR) is 144 cm³/mol. The zero-order valence-corrected chi connectivity index (χ0v) is 22.3. The molecule has 4 rings (SSSR count). The Bertz CT molecular complexity index is 1180. The highest BCUT2D eigenvalue weighted by molar-refractivity contribution is 5.89. The molecule has 0 unspecified atom stereocenters. The van der Waals surface area contributed by atoms with Crippen molar-refractivity contribution in [1.82, 2.24) is 4.90 Å². The fourth-order valence-corrected chi connectivity index (χ4v) is 5.21. The summed E-state index contributed by atoms with van der Waals surface area (Å²) in [6.45, 7) is 4.86. The van der Waals surface area contributed by atoms with E-state index in [4.69, 9.17) is 4.74 Å². The Morgan fingerprint density at radius 3 is 2.11 bits per heavy atom. The summed E-state index contributed by atoms with van der Waals surface area (Å²) in [6, 6.07) is 22.8. The summed E-state index contributed by atoms with van der Waals surface area (Å²) in [4.78, 5) is 15.5. The van der Waals surface area contributed by atoms with Gasteiger partial charge in [-0.05, 0) is 66.1 Å².